The quantitative estimate of drug-likeness (QED) is 0.246. The van der Waals surface area contributed by atoms with Crippen molar-refractivity contribution in [2.75, 3.05) is 17.2 Å². The van der Waals surface area contributed by atoms with Gasteiger partial charge in [0.1, 0.15) is 17.4 Å². The summed E-state index contributed by atoms with van der Waals surface area (Å²) >= 11 is 12.7. The number of nitrogens with one attached hydrogen (secondary N) is 2. The molecule has 0 heterocycles. The van der Waals surface area contributed by atoms with Crippen LogP contribution in [0.2, 0.25) is 5.02 Å². The van der Waals surface area contributed by atoms with E-state index in [4.69, 9.17) is 16.3 Å². The molecule has 3 rings (SSSR count). The Balaban J connectivity index is 1.81. The highest BCUT2D eigenvalue weighted by Gasteiger charge is 2.15. The first-order valence-corrected chi connectivity index (χ1v) is 11.5. The fraction of sp³-hybridized carbons (Fsp3) is 0.0417. The van der Waals surface area contributed by atoms with E-state index in [-0.39, 0.29) is 18.1 Å². The molecule has 33 heavy (non-hydrogen) atoms. The number of nitriles is 1. The maximum Gasteiger partial charge on any atom is 0.266 e. The largest absolute Gasteiger partial charge is 0.482 e. The summed E-state index contributed by atoms with van der Waals surface area (Å²) in [6.45, 7) is -0.271. The smallest absolute Gasteiger partial charge is 0.266 e. The summed E-state index contributed by atoms with van der Waals surface area (Å²) in [5.74, 6) is -0.654. The predicted octanol–water partition coefficient (Wildman–Crippen LogP) is 6.43. The minimum Gasteiger partial charge on any atom is -0.482 e. The van der Waals surface area contributed by atoms with E-state index in [1.807, 2.05) is 24.3 Å². The second-order valence-corrected chi connectivity index (χ2v) is 8.85. The molecule has 0 unspecified atom stereocenters. The Kier molecular flexibility index (Phi) is 8.66. The number of carbonyl (C=O) groups excluding carboxylic acids is 2. The van der Waals surface area contributed by atoms with Gasteiger partial charge in [-0.25, -0.2) is 0 Å². The second kappa shape index (κ2) is 11.7. The molecule has 166 valence electrons. The van der Waals surface area contributed by atoms with Gasteiger partial charge in [-0.05, 0) is 64.5 Å². The lowest BCUT2D eigenvalue weighted by Crippen LogP contribution is -2.20. The predicted molar refractivity (Wildman–Crippen MR) is 136 cm³/mol. The molecule has 3 aromatic rings. The van der Waals surface area contributed by atoms with Crippen molar-refractivity contribution >= 4 is 72.7 Å². The van der Waals surface area contributed by atoms with Gasteiger partial charge in [-0.3, -0.25) is 9.59 Å². The van der Waals surface area contributed by atoms with Crippen LogP contribution >= 0.6 is 43.5 Å². The molecule has 0 aromatic heterocycles. The lowest BCUT2D eigenvalue weighted by Gasteiger charge is -2.13. The molecule has 2 amide bonds. The third kappa shape index (κ3) is 7.19. The number of rotatable bonds is 7. The van der Waals surface area contributed by atoms with Gasteiger partial charge in [-0.15, -0.1) is 0 Å². The van der Waals surface area contributed by atoms with Crippen molar-refractivity contribution in [2.45, 2.75) is 0 Å². The first-order chi connectivity index (χ1) is 15.9. The molecule has 2 N–H and O–H groups in total. The number of anilines is 2. The van der Waals surface area contributed by atoms with Gasteiger partial charge in [0.05, 0.1) is 4.47 Å². The van der Waals surface area contributed by atoms with Gasteiger partial charge < -0.3 is 15.4 Å². The lowest BCUT2D eigenvalue weighted by atomic mass is 10.1. The molecule has 0 fully saturated rings. The van der Waals surface area contributed by atoms with E-state index in [0.717, 1.165) is 0 Å². The van der Waals surface area contributed by atoms with Crippen molar-refractivity contribution in [3.63, 3.8) is 0 Å². The minimum atomic E-state index is -0.608. The maximum absolute atomic E-state index is 12.6. The van der Waals surface area contributed by atoms with Crippen molar-refractivity contribution in [1.82, 2.24) is 0 Å². The van der Waals surface area contributed by atoms with Crippen LogP contribution in [0.15, 0.2) is 81.2 Å². The lowest BCUT2D eigenvalue weighted by molar-refractivity contribution is -0.118. The summed E-state index contributed by atoms with van der Waals surface area (Å²) < 4.78 is 6.97. The van der Waals surface area contributed by atoms with Gasteiger partial charge >= 0.3 is 0 Å². The molecule has 0 saturated heterocycles. The second-order valence-electron chi connectivity index (χ2n) is 6.64. The fourth-order valence-corrected chi connectivity index (χ4v) is 4.33. The van der Waals surface area contributed by atoms with E-state index < -0.39 is 5.91 Å². The summed E-state index contributed by atoms with van der Waals surface area (Å²) in [4.78, 5) is 24.9. The van der Waals surface area contributed by atoms with Crippen molar-refractivity contribution in [3.8, 4) is 11.8 Å². The Hall–Kier alpha value is -3.12. The van der Waals surface area contributed by atoms with Crippen LogP contribution in [0, 0.1) is 11.3 Å². The molecule has 0 bridgehead atoms. The van der Waals surface area contributed by atoms with E-state index in [1.165, 1.54) is 6.08 Å². The van der Waals surface area contributed by atoms with Gasteiger partial charge in [-0.2, -0.15) is 5.26 Å². The zero-order valence-electron chi connectivity index (χ0n) is 16.9. The van der Waals surface area contributed by atoms with Crippen LogP contribution < -0.4 is 15.4 Å². The molecule has 0 spiro atoms. The zero-order chi connectivity index (χ0) is 23.8. The first kappa shape index (κ1) is 24.5. The highest BCUT2D eigenvalue weighted by Crippen LogP contribution is 2.34. The van der Waals surface area contributed by atoms with Crippen LogP contribution in [0.5, 0.6) is 5.75 Å². The number of nitrogens with zero attached hydrogens (tertiary/aromatic N) is 1. The molecule has 0 radical (unpaired) electrons. The van der Waals surface area contributed by atoms with E-state index in [0.29, 0.717) is 36.7 Å². The molecule has 0 atom stereocenters. The number of amides is 2. The molecule has 6 nitrogen and oxygen atoms in total. The van der Waals surface area contributed by atoms with Crippen LogP contribution in [0.25, 0.3) is 6.08 Å². The molecule has 0 saturated carbocycles. The number of hydrogen-bond donors (Lipinski definition) is 2. The number of benzene rings is 3. The van der Waals surface area contributed by atoms with Gasteiger partial charge in [0, 0.05) is 26.4 Å². The Bertz CT molecular complexity index is 1260. The first-order valence-electron chi connectivity index (χ1n) is 9.51. The third-order valence-electron chi connectivity index (χ3n) is 4.19. The Morgan fingerprint density at radius 1 is 1.00 bits per heavy atom. The van der Waals surface area contributed by atoms with Crippen molar-refractivity contribution in [1.29, 1.82) is 5.26 Å². The average Bonchev–Trinajstić information content (AvgIpc) is 2.77. The fourth-order valence-electron chi connectivity index (χ4n) is 2.76. The summed E-state index contributed by atoms with van der Waals surface area (Å²) in [6, 6.07) is 20.9. The third-order valence-corrected chi connectivity index (χ3v) is 5.47. The SMILES string of the molecule is N#C/C(=C/c1cc(Br)cc(Br)c1OCC(=O)Nc1ccccc1)C(=O)Nc1cccc(Cl)c1. The molecule has 0 aliphatic carbocycles. The Labute approximate surface area is 212 Å². The molecule has 0 aliphatic rings. The van der Waals surface area contributed by atoms with Gasteiger partial charge in [0.2, 0.25) is 0 Å². The average molecular weight is 590 g/mol. The van der Waals surface area contributed by atoms with E-state index in [1.54, 1.807) is 48.5 Å². The van der Waals surface area contributed by atoms with Gasteiger partial charge in [-0.1, -0.05) is 51.8 Å². The van der Waals surface area contributed by atoms with Crippen LogP contribution in [-0.4, -0.2) is 18.4 Å². The summed E-state index contributed by atoms with van der Waals surface area (Å²) in [6.07, 6.45) is 1.39. The summed E-state index contributed by atoms with van der Waals surface area (Å²) in [7, 11) is 0. The standard InChI is InChI=1S/C24H16Br2ClN3O3/c25-17-10-15(9-16(13-28)24(32)30-20-8-4-5-18(27)12-20)23(21(26)11-17)33-14-22(31)29-19-6-2-1-3-7-19/h1-12H,14H2,(H,29,31)(H,30,32)/b16-9-. The minimum absolute atomic E-state index is 0.154. The van der Waals surface area contributed by atoms with Gasteiger partial charge in [0.15, 0.2) is 6.61 Å². The van der Waals surface area contributed by atoms with E-state index in [2.05, 4.69) is 42.5 Å². The normalized spacial score (nSPS) is 10.8. The monoisotopic (exact) mass is 587 g/mol. The van der Waals surface area contributed by atoms with E-state index >= 15 is 0 Å². The number of halogens is 3. The number of ether oxygens (including phenoxy) is 1. The van der Waals surface area contributed by atoms with Crippen LogP contribution in [0.3, 0.4) is 0 Å². The molecule has 0 aliphatic heterocycles. The van der Waals surface area contributed by atoms with Crippen LogP contribution in [0.1, 0.15) is 5.56 Å². The Morgan fingerprint density at radius 2 is 1.73 bits per heavy atom. The molecular weight excluding hydrogens is 574 g/mol. The highest BCUT2D eigenvalue weighted by atomic mass is 79.9. The summed E-state index contributed by atoms with van der Waals surface area (Å²) in [5, 5.41) is 15.4. The van der Waals surface area contributed by atoms with Crippen molar-refractivity contribution in [2.24, 2.45) is 0 Å². The number of hydrogen-bond acceptors (Lipinski definition) is 4. The number of carbonyl (C=O) groups is 2. The van der Waals surface area contributed by atoms with Crippen molar-refractivity contribution in [3.05, 3.63) is 91.8 Å². The maximum atomic E-state index is 12.6. The van der Waals surface area contributed by atoms with Gasteiger partial charge in [0.25, 0.3) is 11.8 Å². The van der Waals surface area contributed by atoms with Crippen LogP contribution in [0.4, 0.5) is 11.4 Å². The summed E-state index contributed by atoms with van der Waals surface area (Å²) in [5.41, 5.74) is 1.38. The van der Waals surface area contributed by atoms with Crippen LogP contribution in [-0.2, 0) is 9.59 Å². The highest BCUT2D eigenvalue weighted by molar-refractivity contribution is 9.11. The van der Waals surface area contributed by atoms with Crippen molar-refractivity contribution < 1.29 is 14.3 Å². The zero-order valence-corrected chi connectivity index (χ0v) is 20.9. The molecule has 3 aromatic carbocycles. The van der Waals surface area contributed by atoms with E-state index in [9.17, 15) is 14.9 Å². The Morgan fingerprint density at radius 3 is 2.42 bits per heavy atom. The number of para-hydroxylation sites is 1. The molecular formula is C24H16Br2ClN3O3. The molecule has 9 heteroatoms. The topological polar surface area (TPSA) is 91.2 Å².